The maximum Gasteiger partial charge on any atom is 0.185 e. The number of hydrogen-bond acceptors (Lipinski definition) is 5. The molecule has 1 aliphatic carbocycles. The van der Waals surface area contributed by atoms with Crippen LogP contribution in [0, 0.1) is 5.41 Å². The van der Waals surface area contributed by atoms with Gasteiger partial charge in [-0.25, -0.2) is 0 Å². The minimum absolute atomic E-state index is 0.135. The van der Waals surface area contributed by atoms with Crippen molar-refractivity contribution in [3.05, 3.63) is 135 Å². The van der Waals surface area contributed by atoms with Crippen molar-refractivity contribution < 1.29 is 19.1 Å². The number of ether oxygens (including phenoxy) is 1. The molecule has 6 heteroatoms. The molecule has 196 valence electrons. The van der Waals surface area contributed by atoms with Gasteiger partial charge in [-0.3, -0.25) is 14.4 Å². The maximum absolute atomic E-state index is 14.6. The van der Waals surface area contributed by atoms with Crippen LogP contribution in [0.3, 0.4) is 0 Å². The Morgan fingerprint density at radius 1 is 0.850 bits per heavy atom. The second-order valence-electron chi connectivity index (χ2n) is 10.4. The number of rotatable bonds is 4. The van der Waals surface area contributed by atoms with E-state index in [0.717, 1.165) is 21.3 Å². The summed E-state index contributed by atoms with van der Waals surface area (Å²) in [7, 11) is 1.59. The monoisotopic (exact) mass is 589 g/mol. The van der Waals surface area contributed by atoms with Crippen LogP contribution >= 0.6 is 15.9 Å². The van der Waals surface area contributed by atoms with Gasteiger partial charge >= 0.3 is 0 Å². The van der Waals surface area contributed by atoms with Gasteiger partial charge in [-0.05, 0) is 41.5 Å². The lowest BCUT2D eigenvalue weighted by Crippen LogP contribution is -2.48. The number of carbonyl (C=O) groups is 3. The molecule has 0 N–H and O–H groups in total. The third-order valence-corrected chi connectivity index (χ3v) is 9.06. The Balaban J connectivity index is 1.54. The predicted octanol–water partition coefficient (Wildman–Crippen LogP) is 6.77. The molecule has 0 aromatic heterocycles. The minimum atomic E-state index is -1.52. The van der Waals surface area contributed by atoms with Crippen molar-refractivity contribution in [2.45, 2.75) is 18.0 Å². The van der Waals surface area contributed by atoms with Gasteiger partial charge in [0.15, 0.2) is 17.3 Å². The van der Waals surface area contributed by atoms with Gasteiger partial charge in [0, 0.05) is 32.8 Å². The van der Waals surface area contributed by atoms with E-state index < -0.39 is 23.4 Å². The first-order valence-electron chi connectivity index (χ1n) is 13.1. The van der Waals surface area contributed by atoms with Crippen LogP contribution in [0.15, 0.2) is 108 Å². The van der Waals surface area contributed by atoms with E-state index in [4.69, 9.17) is 4.74 Å². The Morgan fingerprint density at radius 2 is 1.50 bits per heavy atom. The third kappa shape index (κ3) is 3.29. The zero-order valence-electron chi connectivity index (χ0n) is 21.6. The highest BCUT2D eigenvalue weighted by atomic mass is 79.9. The number of nitrogens with zero attached hydrogens (tertiary/aromatic N) is 1. The number of Topliss-reactive ketones (excluding diaryl/α,β-unsaturated/α-hetero) is 3. The number of benzene rings is 4. The first-order valence-corrected chi connectivity index (χ1v) is 13.9. The lowest BCUT2D eigenvalue weighted by Gasteiger charge is -2.37. The molecule has 1 spiro atoms. The molecular weight excluding hydrogens is 566 g/mol. The van der Waals surface area contributed by atoms with Crippen molar-refractivity contribution >= 4 is 45.0 Å². The first-order chi connectivity index (χ1) is 19.5. The second-order valence-corrected chi connectivity index (χ2v) is 11.3. The van der Waals surface area contributed by atoms with Crippen LogP contribution in [0.4, 0.5) is 5.69 Å². The fourth-order valence-corrected chi connectivity index (χ4v) is 7.28. The molecule has 0 bridgehead atoms. The van der Waals surface area contributed by atoms with Gasteiger partial charge in [0.2, 0.25) is 0 Å². The predicted molar refractivity (Wildman–Crippen MR) is 157 cm³/mol. The Morgan fingerprint density at radius 3 is 2.15 bits per heavy atom. The normalized spacial score (nSPS) is 21.8. The average molecular weight is 590 g/mol. The third-order valence-electron chi connectivity index (χ3n) is 8.57. The van der Waals surface area contributed by atoms with E-state index in [1.54, 1.807) is 43.5 Å². The molecule has 0 amide bonds. The van der Waals surface area contributed by atoms with Crippen molar-refractivity contribution in [2.24, 2.45) is 5.41 Å². The molecule has 5 nitrogen and oxygen atoms in total. The van der Waals surface area contributed by atoms with Gasteiger partial charge < -0.3 is 9.64 Å². The van der Waals surface area contributed by atoms with Crippen molar-refractivity contribution in [3.63, 3.8) is 0 Å². The van der Waals surface area contributed by atoms with Crippen molar-refractivity contribution in [1.29, 1.82) is 0 Å². The summed E-state index contributed by atoms with van der Waals surface area (Å²) in [4.78, 5) is 45.9. The lowest BCUT2D eigenvalue weighted by molar-refractivity contribution is 0.0666. The highest BCUT2D eigenvalue weighted by molar-refractivity contribution is 9.10. The van der Waals surface area contributed by atoms with E-state index in [9.17, 15) is 14.4 Å². The highest BCUT2D eigenvalue weighted by Crippen LogP contribution is 2.61. The molecule has 1 saturated heterocycles. The topological polar surface area (TPSA) is 63.7 Å². The number of hydrogen-bond donors (Lipinski definition) is 0. The molecule has 40 heavy (non-hydrogen) atoms. The minimum Gasteiger partial charge on any atom is -0.497 e. The Labute approximate surface area is 240 Å². The van der Waals surface area contributed by atoms with Crippen LogP contribution in [0.25, 0.3) is 6.08 Å². The zero-order chi connectivity index (χ0) is 27.6. The Bertz CT molecular complexity index is 1690. The lowest BCUT2D eigenvalue weighted by atomic mass is 9.64. The number of halogens is 1. The average Bonchev–Trinajstić information content (AvgIpc) is 3.43. The van der Waals surface area contributed by atoms with Gasteiger partial charge in [-0.2, -0.15) is 0 Å². The number of methoxy groups -OCH3 is 1. The molecule has 1 unspecified atom stereocenters. The van der Waals surface area contributed by atoms with Gasteiger partial charge in [0.1, 0.15) is 17.2 Å². The van der Waals surface area contributed by atoms with Crippen LogP contribution in [0.1, 0.15) is 48.1 Å². The SMILES string of the molecule is COc1ccc([C@H]2[C@H](C(=O)c3ccccc3)N3c4ccc(Br)cc4C=CC3C23C(=O)c2ccccc2C3=O)cc1. The van der Waals surface area contributed by atoms with Crippen molar-refractivity contribution in [3.8, 4) is 5.75 Å². The number of ketones is 3. The molecule has 2 heterocycles. The van der Waals surface area contributed by atoms with Crippen LogP contribution in [0.2, 0.25) is 0 Å². The summed E-state index contributed by atoms with van der Waals surface area (Å²) in [5.74, 6) is -0.705. The van der Waals surface area contributed by atoms with Gasteiger partial charge in [0.05, 0.1) is 13.2 Å². The number of anilines is 1. The molecule has 4 aromatic carbocycles. The molecule has 3 aliphatic rings. The van der Waals surface area contributed by atoms with E-state index in [1.807, 2.05) is 77.7 Å². The molecule has 7 rings (SSSR count). The van der Waals surface area contributed by atoms with Gasteiger partial charge in [-0.15, -0.1) is 0 Å². The van der Waals surface area contributed by atoms with Crippen LogP contribution in [-0.4, -0.2) is 36.5 Å². The largest absolute Gasteiger partial charge is 0.497 e. The summed E-state index contributed by atoms with van der Waals surface area (Å²) < 4.78 is 6.31. The molecule has 3 atom stereocenters. The molecule has 4 aromatic rings. The van der Waals surface area contributed by atoms with Crippen LogP contribution in [-0.2, 0) is 0 Å². The zero-order valence-corrected chi connectivity index (χ0v) is 23.2. The van der Waals surface area contributed by atoms with E-state index in [0.29, 0.717) is 22.4 Å². The quantitative estimate of drug-likeness (QED) is 0.194. The summed E-state index contributed by atoms with van der Waals surface area (Å²) in [6, 6.07) is 28.0. The molecule has 2 aliphatic heterocycles. The van der Waals surface area contributed by atoms with E-state index in [-0.39, 0.29) is 17.3 Å². The summed E-state index contributed by atoms with van der Waals surface area (Å²) in [6.07, 6.45) is 3.90. The van der Waals surface area contributed by atoms with Crippen molar-refractivity contribution in [1.82, 2.24) is 0 Å². The maximum atomic E-state index is 14.6. The molecular formula is C34H24BrNO4. The standard InChI is InChI=1S/C34H24BrNO4/c1-40-24-15-11-20(12-16-24)29-30(31(37)21-7-3-2-4-8-21)36-27-17-14-23(35)19-22(27)13-18-28(36)34(29)32(38)25-9-5-6-10-26(25)33(34)39/h2-19,28-30H,1H3/t28?,29-,30+/m0/s1. The summed E-state index contributed by atoms with van der Waals surface area (Å²) in [5.41, 5.74) is 2.31. The molecule has 1 fully saturated rings. The van der Waals surface area contributed by atoms with Crippen LogP contribution < -0.4 is 9.64 Å². The number of carbonyl (C=O) groups excluding carboxylic acids is 3. The van der Waals surface area contributed by atoms with Gasteiger partial charge in [-0.1, -0.05) is 94.8 Å². The fourth-order valence-electron chi connectivity index (χ4n) is 6.91. The fraction of sp³-hybridized carbons (Fsp3) is 0.147. The molecule has 0 saturated carbocycles. The Hall–Kier alpha value is -4.29. The first kappa shape index (κ1) is 24.7. The smallest absolute Gasteiger partial charge is 0.185 e. The highest BCUT2D eigenvalue weighted by Gasteiger charge is 2.71. The van der Waals surface area contributed by atoms with Gasteiger partial charge in [0.25, 0.3) is 0 Å². The van der Waals surface area contributed by atoms with E-state index in [2.05, 4.69) is 15.9 Å². The van der Waals surface area contributed by atoms with E-state index in [1.165, 1.54) is 0 Å². The summed E-state index contributed by atoms with van der Waals surface area (Å²) in [5, 5.41) is 0. The summed E-state index contributed by atoms with van der Waals surface area (Å²) in [6.45, 7) is 0. The number of fused-ring (bicyclic) bond motifs is 5. The van der Waals surface area contributed by atoms with Crippen molar-refractivity contribution in [2.75, 3.05) is 12.0 Å². The van der Waals surface area contributed by atoms with Crippen LogP contribution in [0.5, 0.6) is 5.75 Å². The summed E-state index contributed by atoms with van der Waals surface area (Å²) >= 11 is 3.56. The van der Waals surface area contributed by atoms with E-state index >= 15 is 0 Å². The Kier molecular flexibility index (Phi) is 5.65. The second kappa shape index (κ2) is 9.14. The molecule has 0 radical (unpaired) electrons.